The number of rotatable bonds is 3. The molecule has 0 bridgehead atoms. The van der Waals surface area contributed by atoms with Gasteiger partial charge in [-0.05, 0) is 0 Å². The van der Waals surface area contributed by atoms with Crippen molar-refractivity contribution in [3.05, 3.63) is 36.5 Å². The molecule has 0 saturated heterocycles. The fourth-order valence-electron chi connectivity index (χ4n) is 1.25. The smallest absolute Gasteiger partial charge is 0.345 e. The molecule has 80 valence electrons. The number of carboxylic acid groups (broad SMARTS) is 1. The maximum Gasteiger partial charge on any atom is 0.345 e. The number of aliphatic carboxylic acids is 1. The normalized spacial score (nSPS) is 17.1. The second kappa shape index (κ2) is 5.14. The SMILES string of the molecule is CC(=O)OC(C(=O)O)C1C=CC=CC=C1. The summed E-state index contributed by atoms with van der Waals surface area (Å²) in [6, 6.07) is 0. The first-order valence-corrected chi connectivity index (χ1v) is 4.53. The molecule has 1 rings (SSSR count). The van der Waals surface area contributed by atoms with E-state index in [2.05, 4.69) is 0 Å². The van der Waals surface area contributed by atoms with Crippen molar-refractivity contribution in [2.24, 2.45) is 5.92 Å². The lowest BCUT2D eigenvalue weighted by Gasteiger charge is -2.17. The van der Waals surface area contributed by atoms with Crippen LogP contribution in [0.3, 0.4) is 0 Å². The summed E-state index contributed by atoms with van der Waals surface area (Å²) < 4.78 is 4.74. The van der Waals surface area contributed by atoms with Gasteiger partial charge < -0.3 is 9.84 Å². The summed E-state index contributed by atoms with van der Waals surface area (Å²) in [4.78, 5) is 21.6. The summed E-state index contributed by atoms with van der Waals surface area (Å²) in [5.41, 5.74) is 0. The first kappa shape index (κ1) is 11.2. The summed E-state index contributed by atoms with van der Waals surface area (Å²) in [5.74, 6) is -2.17. The molecule has 15 heavy (non-hydrogen) atoms. The second-order valence-electron chi connectivity index (χ2n) is 3.10. The molecule has 4 nitrogen and oxygen atoms in total. The first-order chi connectivity index (χ1) is 7.11. The van der Waals surface area contributed by atoms with Crippen LogP contribution in [0.4, 0.5) is 0 Å². The van der Waals surface area contributed by atoms with Crippen molar-refractivity contribution in [1.29, 1.82) is 0 Å². The molecule has 0 radical (unpaired) electrons. The number of carbonyl (C=O) groups excluding carboxylic acids is 1. The number of hydrogen-bond acceptors (Lipinski definition) is 3. The Morgan fingerprint density at radius 3 is 2.13 bits per heavy atom. The molecule has 1 aliphatic rings. The average molecular weight is 208 g/mol. The largest absolute Gasteiger partial charge is 0.478 e. The number of hydrogen-bond donors (Lipinski definition) is 1. The molecule has 0 aliphatic heterocycles. The fourth-order valence-corrected chi connectivity index (χ4v) is 1.25. The van der Waals surface area contributed by atoms with E-state index in [0.29, 0.717) is 0 Å². The minimum atomic E-state index is -1.16. The quantitative estimate of drug-likeness (QED) is 0.710. The molecular weight excluding hydrogens is 196 g/mol. The zero-order valence-electron chi connectivity index (χ0n) is 8.29. The molecule has 0 fully saturated rings. The summed E-state index contributed by atoms with van der Waals surface area (Å²) in [5, 5.41) is 8.90. The zero-order valence-corrected chi connectivity index (χ0v) is 8.29. The van der Waals surface area contributed by atoms with Crippen LogP contribution in [0, 0.1) is 5.92 Å². The topological polar surface area (TPSA) is 63.6 Å². The molecule has 0 aromatic carbocycles. The molecule has 0 aromatic heterocycles. The van der Waals surface area contributed by atoms with Crippen LogP contribution in [0.2, 0.25) is 0 Å². The Morgan fingerprint density at radius 1 is 1.20 bits per heavy atom. The maximum atomic E-state index is 10.9. The van der Waals surface area contributed by atoms with Gasteiger partial charge in [0, 0.05) is 12.8 Å². The van der Waals surface area contributed by atoms with Gasteiger partial charge >= 0.3 is 11.9 Å². The Labute approximate surface area is 87.5 Å². The van der Waals surface area contributed by atoms with E-state index in [0.717, 1.165) is 0 Å². The Morgan fingerprint density at radius 2 is 1.73 bits per heavy atom. The molecule has 1 N–H and O–H groups in total. The van der Waals surface area contributed by atoms with E-state index in [1.54, 1.807) is 36.5 Å². The number of ether oxygens (including phenoxy) is 1. The van der Waals surface area contributed by atoms with Gasteiger partial charge in [-0.25, -0.2) is 4.79 Å². The summed E-state index contributed by atoms with van der Waals surface area (Å²) in [6.07, 6.45) is 9.22. The standard InChI is InChI=1S/C11H12O4/c1-8(12)15-10(11(13)14)9-6-4-2-3-5-7-9/h2-7,9-10H,1H3,(H,13,14). The van der Waals surface area contributed by atoms with Gasteiger partial charge in [-0.15, -0.1) is 0 Å². The van der Waals surface area contributed by atoms with Crippen LogP contribution >= 0.6 is 0 Å². The molecule has 1 aliphatic carbocycles. The van der Waals surface area contributed by atoms with Crippen LogP contribution in [-0.4, -0.2) is 23.1 Å². The minimum Gasteiger partial charge on any atom is -0.478 e. The van der Waals surface area contributed by atoms with E-state index in [1.807, 2.05) is 0 Å². The summed E-state index contributed by atoms with van der Waals surface area (Å²) in [6.45, 7) is 1.19. The first-order valence-electron chi connectivity index (χ1n) is 4.53. The second-order valence-corrected chi connectivity index (χ2v) is 3.10. The van der Waals surface area contributed by atoms with Gasteiger partial charge in [0.2, 0.25) is 6.10 Å². The molecule has 0 amide bonds. The monoisotopic (exact) mass is 208 g/mol. The third-order valence-corrected chi connectivity index (χ3v) is 1.89. The lowest BCUT2D eigenvalue weighted by atomic mass is 10.0. The van der Waals surface area contributed by atoms with Gasteiger partial charge in [0.05, 0.1) is 0 Å². The van der Waals surface area contributed by atoms with Crippen molar-refractivity contribution in [3.8, 4) is 0 Å². The predicted octanol–water partition coefficient (Wildman–Crippen LogP) is 1.30. The van der Waals surface area contributed by atoms with Crippen LogP contribution in [0.15, 0.2) is 36.5 Å². The zero-order chi connectivity index (χ0) is 11.3. The Kier molecular flexibility index (Phi) is 3.85. The molecule has 0 aromatic rings. The van der Waals surface area contributed by atoms with Crippen molar-refractivity contribution in [2.45, 2.75) is 13.0 Å². The third kappa shape index (κ3) is 3.42. The van der Waals surface area contributed by atoms with Crippen molar-refractivity contribution < 1.29 is 19.4 Å². The fraction of sp³-hybridized carbons (Fsp3) is 0.273. The number of carbonyl (C=O) groups is 2. The van der Waals surface area contributed by atoms with Gasteiger partial charge in [0.25, 0.3) is 0 Å². The van der Waals surface area contributed by atoms with Crippen LogP contribution in [0.25, 0.3) is 0 Å². The maximum absolute atomic E-state index is 10.9. The predicted molar refractivity (Wildman–Crippen MR) is 54.1 cm³/mol. The number of esters is 1. The van der Waals surface area contributed by atoms with Crippen LogP contribution in [0.5, 0.6) is 0 Å². The van der Waals surface area contributed by atoms with E-state index in [4.69, 9.17) is 9.84 Å². The van der Waals surface area contributed by atoms with Gasteiger partial charge in [0.15, 0.2) is 0 Å². The van der Waals surface area contributed by atoms with Crippen LogP contribution in [0.1, 0.15) is 6.92 Å². The number of carboxylic acids is 1. The average Bonchev–Trinajstić information content (AvgIpc) is 2.41. The number of allylic oxidation sites excluding steroid dienone is 4. The lowest BCUT2D eigenvalue weighted by molar-refractivity contribution is -0.164. The van der Waals surface area contributed by atoms with Crippen molar-refractivity contribution >= 4 is 11.9 Å². The van der Waals surface area contributed by atoms with Gasteiger partial charge in [0.1, 0.15) is 0 Å². The summed E-state index contributed by atoms with van der Waals surface area (Å²) >= 11 is 0. The Hall–Kier alpha value is -1.84. The molecular formula is C11H12O4. The van der Waals surface area contributed by atoms with E-state index in [1.165, 1.54) is 6.92 Å². The van der Waals surface area contributed by atoms with E-state index >= 15 is 0 Å². The molecule has 0 saturated carbocycles. The molecule has 1 unspecified atom stereocenters. The van der Waals surface area contributed by atoms with Gasteiger partial charge in [-0.1, -0.05) is 36.5 Å². The van der Waals surface area contributed by atoms with Crippen LogP contribution < -0.4 is 0 Å². The molecule has 4 heteroatoms. The minimum absolute atomic E-state index is 0.429. The van der Waals surface area contributed by atoms with E-state index in [9.17, 15) is 9.59 Å². The van der Waals surface area contributed by atoms with Crippen molar-refractivity contribution in [1.82, 2.24) is 0 Å². The molecule has 0 spiro atoms. The highest BCUT2D eigenvalue weighted by atomic mass is 16.6. The highest BCUT2D eigenvalue weighted by molar-refractivity contribution is 5.78. The molecule has 0 heterocycles. The Balaban J connectivity index is 2.79. The third-order valence-electron chi connectivity index (χ3n) is 1.89. The van der Waals surface area contributed by atoms with E-state index in [-0.39, 0.29) is 0 Å². The highest BCUT2D eigenvalue weighted by Gasteiger charge is 2.27. The van der Waals surface area contributed by atoms with Crippen molar-refractivity contribution in [2.75, 3.05) is 0 Å². The van der Waals surface area contributed by atoms with Gasteiger partial charge in [-0.2, -0.15) is 0 Å². The lowest BCUT2D eigenvalue weighted by Crippen LogP contribution is -2.32. The Bertz CT molecular complexity index is 322. The van der Waals surface area contributed by atoms with E-state index < -0.39 is 24.0 Å². The molecule has 1 atom stereocenters. The highest BCUT2D eigenvalue weighted by Crippen LogP contribution is 2.15. The van der Waals surface area contributed by atoms with Gasteiger partial charge in [-0.3, -0.25) is 4.79 Å². The summed E-state index contributed by atoms with van der Waals surface area (Å²) in [7, 11) is 0. The van der Waals surface area contributed by atoms with Crippen LogP contribution in [-0.2, 0) is 14.3 Å². The van der Waals surface area contributed by atoms with Crippen molar-refractivity contribution in [3.63, 3.8) is 0 Å².